The van der Waals surface area contributed by atoms with E-state index in [0.29, 0.717) is 0 Å². The first-order valence-electron chi connectivity index (χ1n) is 13.8. The van der Waals surface area contributed by atoms with Crippen molar-refractivity contribution in [2.75, 3.05) is 9.80 Å². The van der Waals surface area contributed by atoms with Gasteiger partial charge in [-0.1, -0.05) is 68.4 Å². The van der Waals surface area contributed by atoms with Crippen molar-refractivity contribution >= 4 is 34.5 Å². The zero-order chi connectivity index (χ0) is 27.8. The first kappa shape index (κ1) is 24.7. The predicted octanol–water partition coefficient (Wildman–Crippen LogP) is 9.12. The van der Waals surface area contributed by atoms with Crippen LogP contribution in [0.4, 0.5) is 34.5 Å². The van der Waals surface area contributed by atoms with Gasteiger partial charge in [-0.25, -0.2) is 15.0 Å². The summed E-state index contributed by atoms with van der Waals surface area (Å²) in [6, 6.07) is 42.0. The van der Waals surface area contributed by atoms with E-state index >= 15 is 0 Å². The summed E-state index contributed by atoms with van der Waals surface area (Å²) in [5, 5.41) is 0. The Morgan fingerprint density at radius 3 is 1.85 bits per heavy atom. The smallest absolute Gasteiger partial charge is 0.141 e. The second-order valence-electron chi connectivity index (χ2n) is 10.7. The number of pyridine rings is 3. The van der Waals surface area contributed by atoms with Gasteiger partial charge in [0, 0.05) is 40.9 Å². The molecule has 0 N–H and O–H groups in total. The van der Waals surface area contributed by atoms with Crippen LogP contribution in [0.15, 0.2) is 140 Å². The van der Waals surface area contributed by atoms with Crippen LogP contribution < -0.4 is 9.80 Å². The molecule has 6 aromatic rings. The molecule has 0 saturated carbocycles. The minimum absolute atomic E-state index is 0.213. The number of fused-ring (bicyclic) bond motifs is 2. The molecule has 3 aromatic carbocycles. The Bertz CT molecular complexity index is 1760. The summed E-state index contributed by atoms with van der Waals surface area (Å²) in [6.07, 6.45) is 5.49. The summed E-state index contributed by atoms with van der Waals surface area (Å²) in [5.41, 5.74) is 7.85. The Labute approximate surface area is 240 Å². The topological polar surface area (TPSA) is 45.2 Å². The van der Waals surface area contributed by atoms with E-state index in [4.69, 9.17) is 4.98 Å². The van der Waals surface area contributed by atoms with Gasteiger partial charge in [0.2, 0.25) is 0 Å². The number of benzene rings is 3. The highest BCUT2D eigenvalue weighted by Crippen LogP contribution is 2.51. The zero-order valence-electron chi connectivity index (χ0n) is 23.0. The molecule has 0 amide bonds. The first-order chi connectivity index (χ1) is 20.1. The van der Waals surface area contributed by atoms with Gasteiger partial charge in [0.25, 0.3) is 0 Å². The highest BCUT2D eigenvalue weighted by atomic mass is 15.2. The van der Waals surface area contributed by atoms with E-state index in [-0.39, 0.29) is 5.41 Å². The quantitative estimate of drug-likeness (QED) is 0.222. The third kappa shape index (κ3) is 4.32. The molecule has 4 heterocycles. The van der Waals surface area contributed by atoms with Gasteiger partial charge in [0.05, 0.1) is 5.69 Å². The number of aromatic nitrogens is 3. The molecule has 5 nitrogen and oxygen atoms in total. The number of hydrogen-bond donors (Lipinski definition) is 0. The molecule has 3 aromatic heterocycles. The molecule has 7 rings (SSSR count). The molecule has 0 fully saturated rings. The van der Waals surface area contributed by atoms with Gasteiger partial charge < -0.3 is 0 Å². The summed E-state index contributed by atoms with van der Waals surface area (Å²) in [4.78, 5) is 18.4. The van der Waals surface area contributed by atoms with Crippen LogP contribution >= 0.6 is 0 Å². The lowest BCUT2D eigenvalue weighted by Gasteiger charge is -2.41. The average molecular weight is 532 g/mol. The molecule has 198 valence electrons. The minimum atomic E-state index is -0.213. The molecule has 0 radical (unpaired) electrons. The van der Waals surface area contributed by atoms with Crippen molar-refractivity contribution in [2.24, 2.45) is 0 Å². The molecule has 41 heavy (non-hydrogen) atoms. The van der Waals surface area contributed by atoms with Gasteiger partial charge >= 0.3 is 0 Å². The second kappa shape index (κ2) is 10.0. The summed E-state index contributed by atoms with van der Waals surface area (Å²) in [7, 11) is 0. The first-order valence-corrected chi connectivity index (χ1v) is 13.8. The maximum absolute atomic E-state index is 4.84. The van der Waals surface area contributed by atoms with Crippen LogP contribution in [-0.4, -0.2) is 15.0 Å². The standard InChI is InChI=1S/C36H29N5/c1-36(2)30-13-10-24-39-35(30)40(28-11-4-3-5-12-28)32-21-18-27(25-31(32)36)26-16-19-29(20-17-26)41(33-14-6-8-22-37-33)34-15-7-9-23-38-34/h3-25H,1-2H3. The van der Waals surface area contributed by atoms with Crippen molar-refractivity contribution in [1.29, 1.82) is 0 Å². The third-order valence-corrected chi connectivity index (χ3v) is 7.81. The van der Waals surface area contributed by atoms with E-state index in [1.165, 1.54) is 16.7 Å². The number of anilines is 6. The lowest BCUT2D eigenvalue weighted by molar-refractivity contribution is 0.627. The molecule has 1 aliphatic heterocycles. The molecule has 0 atom stereocenters. The molecule has 0 saturated heterocycles. The van der Waals surface area contributed by atoms with E-state index in [0.717, 1.165) is 40.1 Å². The fraction of sp³-hybridized carbons (Fsp3) is 0.0833. The summed E-state index contributed by atoms with van der Waals surface area (Å²) in [5.74, 6) is 2.63. The van der Waals surface area contributed by atoms with E-state index in [2.05, 4.69) is 106 Å². The maximum Gasteiger partial charge on any atom is 0.141 e. The Hall–Kier alpha value is -5.29. The lowest BCUT2D eigenvalue weighted by Crippen LogP contribution is -2.31. The van der Waals surface area contributed by atoms with Crippen LogP contribution in [0.5, 0.6) is 0 Å². The number of para-hydroxylation sites is 1. The van der Waals surface area contributed by atoms with Crippen molar-refractivity contribution in [3.63, 3.8) is 0 Å². The van der Waals surface area contributed by atoms with Crippen molar-refractivity contribution in [3.8, 4) is 11.1 Å². The zero-order valence-corrected chi connectivity index (χ0v) is 23.0. The van der Waals surface area contributed by atoms with Crippen LogP contribution in [0.25, 0.3) is 11.1 Å². The molecule has 0 spiro atoms. The largest absolute Gasteiger partial charge is 0.294 e. The normalized spacial score (nSPS) is 13.3. The summed E-state index contributed by atoms with van der Waals surface area (Å²) in [6.45, 7) is 4.58. The predicted molar refractivity (Wildman–Crippen MR) is 167 cm³/mol. The van der Waals surface area contributed by atoms with Crippen LogP contribution in [-0.2, 0) is 5.41 Å². The van der Waals surface area contributed by atoms with Gasteiger partial charge in [-0.2, -0.15) is 0 Å². The molecule has 5 heteroatoms. The highest BCUT2D eigenvalue weighted by molar-refractivity contribution is 5.86. The van der Waals surface area contributed by atoms with E-state index in [1.807, 2.05) is 54.7 Å². The van der Waals surface area contributed by atoms with Crippen LogP contribution in [0, 0.1) is 0 Å². The fourth-order valence-corrected chi connectivity index (χ4v) is 5.73. The second-order valence-corrected chi connectivity index (χ2v) is 10.7. The third-order valence-electron chi connectivity index (χ3n) is 7.81. The van der Waals surface area contributed by atoms with Gasteiger partial charge in [0.15, 0.2) is 0 Å². The molecule has 0 aliphatic carbocycles. The number of rotatable bonds is 5. The summed E-state index contributed by atoms with van der Waals surface area (Å²) < 4.78 is 0. The fourth-order valence-electron chi connectivity index (χ4n) is 5.73. The Morgan fingerprint density at radius 1 is 0.561 bits per heavy atom. The van der Waals surface area contributed by atoms with Gasteiger partial charge in [-0.15, -0.1) is 0 Å². The molecule has 0 unspecified atom stereocenters. The number of nitrogens with zero attached hydrogens (tertiary/aromatic N) is 5. The van der Waals surface area contributed by atoms with Gasteiger partial charge in [-0.05, 0) is 83.4 Å². The van der Waals surface area contributed by atoms with Crippen molar-refractivity contribution < 1.29 is 0 Å². The van der Waals surface area contributed by atoms with Crippen molar-refractivity contribution in [3.05, 3.63) is 151 Å². The van der Waals surface area contributed by atoms with Crippen molar-refractivity contribution in [1.82, 2.24) is 15.0 Å². The van der Waals surface area contributed by atoms with Crippen LogP contribution in [0.2, 0.25) is 0 Å². The minimum Gasteiger partial charge on any atom is -0.294 e. The SMILES string of the molecule is CC1(C)c2cc(-c3ccc(N(c4ccccn4)c4ccccn4)cc3)ccc2N(c2ccccc2)c2ncccc21. The van der Waals surface area contributed by atoms with Crippen molar-refractivity contribution in [2.45, 2.75) is 19.3 Å². The highest BCUT2D eigenvalue weighted by Gasteiger charge is 2.37. The molecular weight excluding hydrogens is 502 g/mol. The van der Waals surface area contributed by atoms with E-state index in [1.54, 1.807) is 12.4 Å². The monoisotopic (exact) mass is 531 g/mol. The van der Waals surface area contributed by atoms with E-state index < -0.39 is 0 Å². The molecule has 1 aliphatic rings. The van der Waals surface area contributed by atoms with Crippen LogP contribution in [0.1, 0.15) is 25.0 Å². The Morgan fingerprint density at radius 2 is 1.20 bits per heavy atom. The van der Waals surface area contributed by atoms with Gasteiger partial charge in [-0.3, -0.25) is 9.80 Å². The van der Waals surface area contributed by atoms with Gasteiger partial charge in [0.1, 0.15) is 17.5 Å². The Balaban J connectivity index is 1.31. The summed E-state index contributed by atoms with van der Waals surface area (Å²) >= 11 is 0. The molecule has 0 bridgehead atoms. The van der Waals surface area contributed by atoms with E-state index in [9.17, 15) is 0 Å². The maximum atomic E-state index is 4.84. The Kier molecular flexibility index (Phi) is 6.05. The molecular formula is C36H29N5. The van der Waals surface area contributed by atoms with Crippen LogP contribution in [0.3, 0.4) is 0 Å². The average Bonchev–Trinajstić information content (AvgIpc) is 3.03. The lowest BCUT2D eigenvalue weighted by atomic mass is 9.74. The number of hydrogen-bond acceptors (Lipinski definition) is 5.